The summed E-state index contributed by atoms with van der Waals surface area (Å²) in [5.74, 6) is 2.62. The van der Waals surface area contributed by atoms with E-state index in [1.165, 1.54) is 0 Å². The van der Waals surface area contributed by atoms with Crippen LogP contribution in [0.2, 0.25) is 0 Å². The molecule has 0 aromatic carbocycles. The first-order valence-electron chi connectivity index (χ1n) is 10.5. The van der Waals surface area contributed by atoms with Crippen molar-refractivity contribution in [2.24, 2.45) is 0 Å². The van der Waals surface area contributed by atoms with E-state index in [1.54, 1.807) is 6.20 Å². The Bertz CT molecular complexity index is 954. The molecule has 3 aromatic heterocycles. The average Bonchev–Trinajstić information content (AvgIpc) is 2.78. The van der Waals surface area contributed by atoms with Crippen molar-refractivity contribution in [2.45, 2.75) is 26.8 Å². The van der Waals surface area contributed by atoms with Crippen LogP contribution in [0.15, 0.2) is 48.8 Å². The predicted molar refractivity (Wildman–Crippen MR) is 121 cm³/mol. The maximum atomic E-state index is 4.77. The Balaban J connectivity index is 1.37. The first-order valence-corrected chi connectivity index (χ1v) is 10.5. The first-order chi connectivity index (χ1) is 14.6. The fourth-order valence-corrected chi connectivity index (χ4v) is 3.75. The van der Waals surface area contributed by atoms with Gasteiger partial charge >= 0.3 is 0 Å². The van der Waals surface area contributed by atoms with Gasteiger partial charge < -0.3 is 10.2 Å². The molecule has 7 nitrogen and oxygen atoms in total. The summed E-state index contributed by atoms with van der Waals surface area (Å²) in [6, 6.07) is 12.2. The number of aromatic nitrogens is 4. The Morgan fingerprint density at radius 3 is 2.33 bits per heavy atom. The van der Waals surface area contributed by atoms with Gasteiger partial charge in [0, 0.05) is 62.4 Å². The van der Waals surface area contributed by atoms with Gasteiger partial charge in [-0.15, -0.1) is 0 Å². The molecule has 0 bridgehead atoms. The summed E-state index contributed by atoms with van der Waals surface area (Å²) in [5.41, 5.74) is 2.85. The van der Waals surface area contributed by atoms with Crippen LogP contribution in [-0.2, 0) is 0 Å². The maximum absolute atomic E-state index is 4.77. The van der Waals surface area contributed by atoms with E-state index >= 15 is 0 Å². The molecule has 0 saturated carbocycles. The van der Waals surface area contributed by atoms with Crippen LogP contribution in [-0.4, -0.2) is 63.6 Å². The SMILES string of the molecule is Cc1nc(-c2ccccn2)nc(NC(C)CN2CCN(c3ccccn3)CC2)c1C. The monoisotopic (exact) mass is 403 g/mol. The van der Waals surface area contributed by atoms with E-state index in [-0.39, 0.29) is 6.04 Å². The lowest BCUT2D eigenvalue weighted by Crippen LogP contribution is -2.49. The Morgan fingerprint density at radius 2 is 1.67 bits per heavy atom. The van der Waals surface area contributed by atoms with Crippen LogP contribution < -0.4 is 10.2 Å². The number of anilines is 2. The minimum atomic E-state index is 0.274. The molecule has 0 radical (unpaired) electrons. The molecule has 1 fully saturated rings. The highest BCUT2D eigenvalue weighted by Gasteiger charge is 2.20. The van der Waals surface area contributed by atoms with Gasteiger partial charge in [-0.05, 0) is 45.0 Å². The van der Waals surface area contributed by atoms with Crippen LogP contribution >= 0.6 is 0 Å². The normalized spacial score (nSPS) is 15.8. The number of piperazine rings is 1. The van der Waals surface area contributed by atoms with Crippen molar-refractivity contribution in [2.75, 3.05) is 42.9 Å². The third kappa shape index (κ3) is 4.74. The van der Waals surface area contributed by atoms with Crippen molar-refractivity contribution < 1.29 is 0 Å². The Kier molecular flexibility index (Phi) is 6.18. The van der Waals surface area contributed by atoms with Gasteiger partial charge in [0.05, 0.1) is 0 Å². The van der Waals surface area contributed by atoms with E-state index in [9.17, 15) is 0 Å². The fraction of sp³-hybridized carbons (Fsp3) is 0.391. The zero-order chi connectivity index (χ0) is 20.9. The zero-order valence-corrected chi connectivity index (χ0v) is 17.9. The number of pyridine rings is 2. The minimum Gasteiger partial charge on any atom is -0.366 e. The fourth-order valence-electron chi connectivity index (χ4n) is 3.75. The van der Waals surface area contributed by atoms with Gasteiger partial charge in [-0.25, -0.2) is 15.0 Å². The van der Waals surface area contributed by atoms with Gasteiger partial charge in [0.15, 0.2) is 5.82 Å². The van der Waals surface area contributed by atoms with E-state index in [0.29, 0.717) is 5.82 Å². The molecular weight excluding hydrogens is 374 g/mol. The first kappa shape index (κ1) is 20.2. The van der Waals surface area contributed by atoms with Crippen LogP contribution in [0.3, 0.4) is 0 Å². The number of hydrogen-bond donors (Lipinski definition) is 1. The van der Waals surface area contributed by atoms with Crippen LogP contribution in [0.4, 0.5) is 11.6 Å². The molecule has 1 aliphatic rings. The van der Waals surface area contributed by atoms with Gasteiger partial charge in [-0.3, -0.25) is 9.88 Å². The Morgan fingerprint density at radius 1 is 0.933 bits per heavy atom. The summed E-state index contributed by atoms with van der Waals surface area (Å²) in [7, 11) is 0. The summed E-state index contributed by atoms with van der Waals surface area (Å²) in [4.78, 5) is 23.1. The molecule has 1 N–H and O–H groups in total. The molecule has 0 amide bonds. The van der Waals surface area contributed by atoms with Crippen molar-refractivity contribution in [1.29, 1.82) is 0 Å². The lowest BCUT2D eigenvalue weighted by Gasteiger charge is -2.36. The van der Waals surface area contributed by atoms with Crippen LogP contribution in [0.25, 0.3) is 11.5 Å². The highest BCUT2D eigenvalue weighted by molar-refractivity contribution is 5.56. The van der Waals surface area contributed by atoms with Gasteiger partial charge in [-0.2, -0.15) is 0 Å². The second-order valence-electron chi connectivity index (χ2n) is 7.84. The minimum absolute atomic E-state index is 0.274. The molecule has 1 unspecified atom stereocenters. The third-order valence-corrected chi connectivity index (χ3v) is 5.54. The van der Waals surface area contributed by atoms with Gasteiger partial charge in [-0.1, -0.05) is 12.1 Å². The van der Waals surface area contributed by atoms with E-state index in [4.69, 9.17) is 4.98 Å². The molecule has 156 valence electrons. The topological polar surface area (TPSA) is 70.1 Å². The second kappa shape index (κ2) is 9.17. The molecule has 7 heteroatoms. The third-order valence-electron chi connectivity index (χ3n) is 5.54. The lowest BCUT2D eigenvalue weighted by atomic mass is 10.2. The number of nitrogens with zero attached hydrogens (tertiary/aromatic N) is 6. The average molecular weight is 404 g/mol. The second-order valence-corrected chi connectivity index (χ2v) is 7.84. The zero-order valence-electron chi connectivity index (χ0n) is 17.9. The quantitative estimate of drug-likeness (QED) is 0.678. The maximum Gasteiger partial charge on any atom is 0.180 e. The number of hydrogen-bond acceptors (Lipinski definition) is 7. The van der Waals surface area contributed by atoms with Gasteiger partial charge in [0.2, 0.25) is 0 Å². The molecule has 0 aliphatic carbocycles. The summed E-state index contributed by atoms with van der Waals surface area (Å²) >= 11 is 0. The summed E-state index contributed by atoms with van der Waals surface area (Å²) < 4.78 is 0. The molecule has 4 heterocycles. The predicted octanol–water partition coefficient (Wildman–Crippen LogP) is 3.17. The van der Waals surface area contributed by atoms with Crippen molar-refractivity contribution in [1.82, 2.24) is 24.8 Å². The highest BCUT2D eigenvalue weighted by atomic mass is 15.3. The molecule has 1 saturated heterocycles. The number of nitrogens with one attached hydrogen (secondary N) is 1. The van der Waals surface area contributed by atoms with E-state index in [2.05, 4.69) is 50.0 Å². The van der Waals surface area contributed by atoms with Crippen molar-refractivity contribution in [3.05, 3.63) is 60.0 Å². The highest BCUT2D eigenvalue weighted by Crippen LogP contribution is 2.21. The molecule has 1 aliphatic heterocycles. The molecule has 30 heavy (non-hydrogen) atoms. The molecule has 3 aromatic rings. The Labute approximate surface area is 178 Å². The largest absolute Gasteiger partial charge is 0.366 e. The van der Waals surface area contributed by atoms with Gasteiger partial charge in [0.1, 0.15) is 17.3 Å². The van der Waals surface area contributed by atoms with Crippen LogP contribution in [0.5, 0.6) is 0 Å². The van der Waals surface area contributed by atoms with Gasteiger partial charge in [0.25, 0.3) is 0 Å². The van der Waals surface area contributed by atoms with Crippen molar-refractivity contribution in [3.8, 4) is 11.5 Å². The molecule has 0 spiro atoms. The summed E-state index contributed by atoms with van der Waals surface area (Å²) in [6.07, 6.45) is 3.63. The van der Waals surface area contributed by atoms with Crippen LogP contribution in [0, 0.1) is 13.8 Å². The smallest absolute Gasteiger partial charge is 0.180 e. The number of aryl methyl sites for hydroxylation is 1. The molecular formula is C23H29N7. The Hall–Kier alpha value is -3.06. The lowest BCUT2D eigenvalue weighted by molar-refractivity contribution is 0.250. The standard InChI is InChI=1S/C23H29N7/c1-17(16-29-12-14-30(15-13-29)21-9-5-7-11-25-21)26-22-18(2)19(3)27-23(28-22)20-8-4-6-10-24-20/h4-11,17H,12-16H2,1-3H3,(H,26,27,28). The van der Waals surface area contributed by atoms with E-state index in [0.717, 1.165) is 61.3 Å². The number of rotatable bonds is 6. The van der Waals surface area contributed by atoms with Crippen molar-refractivity contribution >= 4 is 11.6 Å². The van der Waals surface area contributed by atoms with E-state index in [1.807, 2.05) is 43.5 Å². The molecule has 4 rings (SSSR count). The van der Waals surface area contributed by atoms with Crippen molar-refractivity contribution in [3.63, 3.8) is 0 Å². The summed E-state index contributed by atoms with van der Waals surface area (Å²) in [5, 5.41) is 3.60. The molecule has 1 atom stereocenters. The van der Waals surface area contributed by atoms with E-state index < -0.39 is 0 Å². The summed E-state index contributed by atoms with van der Waals surface area (Å²) in [6.45, 7) is 11.3. The van der Waals surface area contributed by atoms with Crippen LogP contribution in [0.1, 0.15) is 18.2 Å².